The molecule has 2 atom stereocenters. The molecule has 0 radical (unpaired) electrons. The number of aliphatic carboxylic acids is 1. The quantitative estimate of drug-likeness (QED) is 0.821. The summed E-state index contributed by atoms with van der Waals surface area (Å²) in [7, 11) is 1.60. The number of pyridine rings is 1. The Morgan fingerprint density at radius 1 is 1.45 bits per heavy atom. The molecule has 1 aromatic rings. The van der Waals surface area contributed by atoms with Gasteiger partial charge in [-0.2, -0.15) is 0 Å². The van der Waals surface area contributed by atoms with E-state index in [1.807, 2.05) is 0 Å². The number of carboxylic acids is 1. The van der Waals surface area contributed by atoms with Gasteiger partial charge in [0.1, 0.15) is 6.04 Å². The van der Waals surface area contributed by atoms with Crippen molar-refractivity contribution in [2.24, 2.45) is 0 Å². The largest absolute Gasteiger partial charge is 0.480 e. The van der Waals surface area contributed by atoms with Gasteiger partial charge in [-0.15, -0.1) is 0 Å². The van der Waals surface area contributed by atoms with E-state index in [0.717, 1.165) is 5.56 Å². The van der Waals surface area contributed by atoms with Crippen molar-refractivity contribution in [3.05, 3.63) is 30.1 Å². The van der Waals surface area contributed by atoms with E-state index in [1.54, 1.807) is 31.6 Å². The molecule has 1 aliphatic rings. The molecule has 0 aliphatic carbocycles. The van der Waals surface area contributed by atoms with Crippen molar-refractivity contribution >= 4 is 12.0 Å². The van der Waals surface area contributed by atoms with Crippen molar-refractivity contribution in [3.63, 3.8) is 0 Å². The Balaban J connectivity index is 2.04. The zero-order chi connectivity index (χ0) is 14.7. The van der Waals surface area contributed by atoms with Crippen LogP contribution in [0.3, 0.4) is 0 Å². The lowest BCUT2D eigenvalue weighted by Gasteiger charge is -2.27. The minimum absolute atomic E-state index is 0.0521. The predicted octanol–water partition coefficient (Wildman–Crippen LogP) is 0.153. The summed E-state index contributed by atoms with van der Waals surface area (Å²) in [4.78, 5) is 29.9. The molecule has 2 rings (SSSR count). The van der Waals surface area contributed by atoms with Crippen LogP contribution in [0.4, 0.5) is 4.79 Å². The molecule has 0 bridgehead atoms. The first-order chi connectivity index (χ1) is 9.49. The number of carbonyl (C=O) groups excluding carboxylic acids is 1. The number of carbonyl (C=O) groups is 2. The summed E-state index contributed by atoms with van der Waals surface area (Å²) in [5.41, 5.74) is 0.905. The van der Waals surface area contributed by atoms with Crippen LogP contribution in [-0.2, 0) is 11.3 Å². The zero-order valence-electron chi connectivity index (χ0n) is 11.1. The second kappa shape index (κ2) is 5.87. The summed E-state index contributed by atoms with van der Waals surface area (Å²) in [5.74, 6) is -1.09. The number of hydrogen-bond acceptors (Lipinski definition) is 4. The van der Waals surface area contributed by atoms with Crippen LogP contribution in [0.15, 0.2) is 24.5 Å². The predicted molar refractivity (Wildman–Crippen MR) is 69.9 cm³/mol. The number of nitrogens with zero attached hydrogens (tertiary/aromatic N) is 3. The Hall–Kier alpha value is -2.15. The van der Waals surface area contributed by atoms with E-state index < -0.39 is 24.1 Å². The van der Waals surface area contributed by atoms with E-state index in [0.29, 0.717) is 6.54 Å². The van der Waals surface area contributed by atoms with Crippen molar-refractivity contribution < 1.29 is 19.8 Å². The van der Waals surface area contributed by atoms with E-state index >= 15 is 0 Å². The van der Waals surface area contributed by atoms with Gasteiger partial charge in [0.15, 0.2) is 0 Å². The highest BCUT2D eigenvalue weighted by atomic mass is 16.4. The molecule has 1 fully saturated rings. The SMILES string of the molecule is CN(Cc1ccncc1)C(=O)N1CC(O)C[C@H]1C(=O)O. The number of rotatable bonds is 3. The van der Waals surface area contributed by atoms with Crippen molar-refractivity contribution in [2.75, 3.05) is 13.6 Å². The lowest BCUT2D eigenvalue weighted by molar-refractivity contribution is -0.141. The Morgan fingerprint density at radius 3 is 2.70 bits per heavy atom. The normalized spacial score (nSPS) is 21.8. The van der Waals surface area contributed by atoms with Gasteiger partial charge in [-0.25, -0.2) is 9.59 Å². The third-order valence-corrected chi connectivity index (χ3v) is 3.31. The average molecular weight is 279 g/mol. The monoisotopic (exact) mass is 279 g/mol. The number of aliphatic hydroxyl groups is 1. The number of carboxylic acid groups (broad SMARTS) is 1. The fourth-order valence-corrected chi connectivity index (χ4v) is 2.31. The summed E-state index contributed by atoms with van der Waals surface area (Å²) in [6.45, 7) is 0.413. The van der Waals surface area contributed by atoms with E-state index in [-0.39, 0.29) is 13.0 Å². The topological polar surface area (TPSA) is 94.0 Å². The number of aromatic nitrogens is 1. The van der Waals surface area contributed by atoms with Crippen LogP contribution >= 0.6 is 0 Å². The lowest BCUT2D eigenvalue weighted by atomic mass is 10.2. The van der Waals surface area contributed by atoms with Gasteiger partial charge in [-0.05, 0) is 17.7 Å². The van der Waals surface area contributed by atoms with Crippen LogP contribution in [0, 0.1) is 0 Å². The maximum absolute atomic E-state index is 12.3. The molecule has 1 aliphatic heterocycles. The Bertz CT molecular complexity index is 494. The van der Waals surface area contributed by atoms with Crippen molar-refractivity contribution in [1.82, 2.24) is 14.8 Å². The number of amides is 2. The lowest BCUT2D eigenvalue weighted by Crippen LogP contribution is -2.46. The highest BCUT2D eigenvalue weighted by Crippen LogP contribution is 2.20. The molecule has 7 heteroatoms. The molecular formula is C13H17N3O4. The fourth-order valence-electron chi connectivity index (χ4n) is 2.31. The van der Waals surface area contributed by atoms with Crippen LogP contribution in [0.25, 0.3) is 0 Å². The van der Waals surface area contributed by atoms with Crippen LogP contribution in [0.5, 0.6) is 0 Å². The van der Waals surface area contributed by atoms with Gasteiger partial charge in [-0.3, -0.25) is 4.98 Å². The first-order valence-corrected chi connectivity index (χ1v) is 6.30. The Morgan fingerprint density at radius 2 is 2.10 bits per heavy atom. The maximum Gasteiger partial charge on any atom is 0.326 e. The van der Waals surface area contributed by atoms with Crippen molar-refractivity contribution in [3.8, 4) is 0 Å². The van der Waals surface area contributed by atoms with E-state index in [1.165, 1.54) is 9.80 Å². The van der Waals surface area contributed by atoms with Crippen LogP contribution < -0.4 is 0 Å². The van der Waals surface area contributed by atoms with Crippen LogP contribution in [0.2, 0.25) is 0 Å². The molecule has 20 heavy (non-hydrogen) atoms. The molecule has 0 aromatic carbocycles. The highest BCUT2D eigenvalue weighted by molar-refractivity contribution is 5.83. The second-order valence-electron chi connectivity index (χ2n) is 4.89. The average Bonchev–Trinajstić information content (AvgIpc) is 2.81. The first kappa shape index (κ1) is 14.3. The summed E-state index contributed by atoms with van der Waals surface area (Å²) >= 11 is 0. The van der Waals surface area contributed by atoms with E-state index in [4.69, 9.17) is 5.11 Å². The number of likely N-dealkylation sites (tertiary alicyclic amines) is 1. The van der Waals surface area contributed by atoms with Gasteiger partial charge in [-0.1, -0.05) is 0 Å². The molecule has 1 aromatic heterocycles. The fraction of sp³-hybridized carbons (Fsp3) is 0.462. The number of β-amino-alcohol motifs (C(OH)–C–C–N with tert-alkyl or cyclic N) is 1. The minimum atomic E-state index is -1.09. The van der Waals surface area contributed by atoms with Crippen molar-refractivity contribution in [2.45, 2.75) is 25.1 Å². The Labute approximate surface area is 116 Å². The molecule has 108 valence electrons. The summed E-state index contributed by atoms with van der Waals surface area (Å²) in [5, 5.41) is 18.6. The standard InChI is InChI=1S/C13H17N3O4/c1-15(7-9-2-4-14-5-3-9)13(20)16-8-10(17)6-11(16)12(18)19/h2-5,10-11,17H,6-8H2,1H3,(H,18,19)/t10?,11-/m0/s1. The third kappa shape index (κ3) is 3.05. The van der Waals surface area contributed by atoms with Gasteiger partial charge >= 0.3 is 12.0 Å². The molecule has 0 saturated carbocycles. The van der Waals surface area contributed by atoms with Gasteiger partial charge in [0.05, 0.1) is 6.10 Å². The minimum Gasteiger partial charge on any atom is -0.480 e. The summed E-state index contributed by atoms with van der Waals surface area (Å²) in [6.07, 6.45) is 2.56. The van der Waals surface area contributed by atoms with Gasteiger partial charge < -0.3 is 20.0 Å². The zero-order valence-corrected chi connectivity index (χ0v) is 11.1. The number of hydrogen-bond donors (Lipinski definition) is 2. The van der Waals surface area contributed by atoms with E-state index in [9.17, 15) is 14.7 Å². The van der Waals surface area contributed by atoms with Gasteiger partial charge in [0.2, 0.25) is 0 Å². The molecule has 2 heterocycles. The smallest absolute Gasteiger partial charge is 0.326 e. The molecule has 2 amide bonds. The van der Waals surface area contributed by atoms with E-state index in [2.05, 4.69) is 4.98 Å². The second-order valence-corrected chi connectivity index (χ2v) is 4.89. The molecule has 2 N–H and O–H groups in total. The number of aliphatic hydroxyl groups excluding tert-OH is 1. The summed E-state index contributed by atoms with van der Waals surface area (Å²) in [6, 6.07) is 2.22. The summed E-state index contributed by atoms with van der Waals surface area (Å²) < 4.78 is 0. The first-order valence-electron chi connectivity index (χ1n) is 6.30. The van der Waals surface area contributed by atoms with Crippen LogP contribution in [-0.4, -0.2) is 62.7 Å². The third-order valence-electron chi connectivity index (χ3n) is 3.31. The molecule has 1 saturated heterocycles. The van der Waals surface area contributed by atoms with Gasteiger partial charge in [0, 0.05) is 39.0 Å². The molecule has 7 nitrogen and oxygen atoms in total. The van der Waals surface area contributed by atoms with Crippen LogP contribution in [0.1, 0.15) is 12.0 Å². The van der Waals surface area contributed by atoms with Crippen molar-refractivity contribution in [1.29, 1.82) is 0 Å². The Kier molecular flexibility index (Phi) is 4.19. The molecular weight excluding hydrogens is 262 g/mol. The maximum atomic E-state index is 12.3. The van der Waals surface area contributed by atoms with Gasteiger partial charge in [0.25, 0.3) is 0 Å². The molecule has 0 spiro atoms. The number of urea groups is 1. The highest BCUT2D eigenvalue weighted by Gasteiger charge is 2.39. The molecule has 1 unspecified atom stereocenters.